The number of nitrogens with one attached hydrogen (secondary N) is 1. The van der Waals surface area contributed by atoms with Gasteiger partial charge in [0.25, 0.3) is 0 Å². The Balaban J connectivity index is 4.35. The average Bonchev–Trinajstić information content (AvgIpc) is 2.16. The highest BCUT2D eigenvalue weighted by atomic mass is 16.5. The highest BCUT2D eigenvalue weighted by molar-refractivity contribution is 5.67. The van der Waals surface area contributed by atoms with Gasteiger partial charge in [0.15, 0.2) is 0 Å². The van der Waals surface area contributed by atoms with Gasteiger partial charge in [-0.2, -0.15) is 0 Å². The van der Waals surface area contributed by atoms with Crippen molar-refractivity contribution in [3.05, 3.63) is 0 Å². The largest absolute Gasteiger partial charge is 0.481 e. The summed E-state index contributed by atoms with van der Waals surface area (Å²) in [6, 6.07) is 0.0982. The lowest BCUT2D eigenvalue weighted by atomic mass is 9.93. The van der Waals surface area contributed by atoms with Gasteiger partial charge in [-0.15, -0.1) is 0 Å². The quantitative estimate of drug-likeness (QED) is 0.650. The van der Waals surface area contributed by atoms with E-state index < -0.39 is 5.97 Å². The SMILES string of the molecule is CC[C@H](C)[C@@H](NC)[C@@H](CC(=O)O)OC. The van der Waals surface area contributed by atoms with Gasteiger partial charge >= 0.3 is 5.97 Å². The smallest absolute Gasteiger partial charge is 0.306 e. The zero-order chi connectivity index (χ0) is 11.1. The molecule has 0 rings (SSSR count). The molecule has 0 unspecified atom stereocenters. The molecule has 0 aliphatic carbocycles. The minimum atomic E-state index is -0.819. The number of ether oxygens (including phenoxy) is 1. The predicted molar refractivity (Wildman–Crippen MR) is 55.4 cm³/mol. The van der Waals surface area contributed by atoms with Gasteiger partial charge in [-0.1, -0.05) is 20.3 Å². The molecular formula is C10H21NO3. The summed E-state index contributed by atoms with van der Waals surface area (Å²) in [5, 5.41) is 11.8. The van der Waals surface area contributed by atoms with Crippen LogP contribution < -0.4 is 5.32 Å². The Morgan fingerprint density at radius 2 is 2.14 bits per heavy atom. The lowest BCUT2D eigenvalue weighted by Crippen LogP contribution is -2.44. The van der Waals surface area contributed by atoms with E-state index in [0.29, 0.717) is 5.92 Å². The summed E-state index contributed by atoms with van der Waals surface area (Å²) in [6.07, 6.45) is 0.796. The second-order valence-corrected chi connectivity index (χ2v) is 3.57. The highest BCUT2D eigenvalue weighted by Crippen LogP contribution is 2.15. The van der Waals surface area contributed by atoms with E-state index in [1.165, 1.54) is 0 Å². The molecule has 0 aromatic carbocycles. The van der Waals surface area contributed by atoms with E-state index in [1.807, 2.05) is 7.05 Å². The zero-order valence-corrected chi connectivity index (χ0v) is 9.41. The fourth-order valence-electron chi connectivity index (χ4n) is 1.62. The Kier molecular flexibility index (Phi) is 6.49. The first kappa shape index (κ1) is 13.4. The maximum absolute atomic E-state index is 10.6. The summed E-state index contributed by atoms with van der Waals surface area (Å²) in [7, 11) is 3.39. The fraction of sp³-hybridized carbons (Fsp3) is 0.900. The second kappa shape index (κ2) is 6.79. The number of carboxylic acid groups (broad SMARTS) is 1. The third kappa shape index (κ3) is 4.07. The molecule has 0 fully saturated rings. The van der Waals surface area contributed by atoms with Crippen LogP contribution in [0.25, 0.3) is 0 Å². The van der Waals surface area contributed by atoms with Crippen LogP contribution in [0.3, 0.4) is 0 Å². The Hall–Kier alpha value is -0.610. The molecule has 0 aromatic rings. The van der Waals surface area contributed by atoms with E-state index in [1.54, 1.807) is 7.11 Å². The van der Waals surface area contributed by atoms with Crippen LogP contribution in [0.15, 0.2) is 0 Å². The molecule has 4 heteroatoms. The van der Waals surface area contributed by atoms with Crippen molar-refractivity contribution in [2.75, 3.05) is 14.2 Å². The number of methoxy groups -OCH3 is 1. The van der Waals surface area contributed by atoms with Crippen LogP contribution in [0.2, 0.25) is 0 Å². The van der Waals surface area contributed by atoms with Gasteiger partial charge in [-0.05, 0) is 13.0 Å². The molecule has 4 nitrogen and oxygen atoms in total. The molecule has 0 aliphatic rings. The molecule has 0 aromatic heterocycles. The first-order chi connectivity index (χ1) is 6.56. The Morgan fingerprint density at radius 3 is 2.43 bits per heavy atom. The molecular weight excluding hydrogens is 182 g/mol. The summed E-state index contributed by atoms with van der Waals surface area (Å²) >= 11 is 0. The number of hydrogen-bond donors (Lipinski definition) is 2. The standard InChI is InChI=1S/C10H21NO3/c1-5-7(2)10(11-3)8(14-4)6-9(12)13/h7-8,10-11H,5-6H2,1-4H3,(H,12,13)/t7-,8+,10+/m0/s1. The number of aliphatic carboxylic acids is 1. The van der Waals surface area contributed by atoms with Gasteiger partial charge in [0, 0.05) is 13.2 Å². The maximum Gasteiger partial charge on any atom is 0.306 e. The van der Waals surface area contributed by atoms with Crippen molar-refractivity contribution in [1.29, 1.82) is 0 Å². The van der Waals surface area contributed by atoms with Crippen LogP contribution in [0, 0.1) is 5.92 Å². The number of carboxylic acids is 1. The van der Waals surface area contributed by atoms with Crippen molar-refractivity contribution >= 4 is 5.97 Å². The third-order valence-corrected chi connectivity index (χ3v) is 2.67. The summed E-state index contributed by atoms with van der Waals surface area (Å²) in [4.78, 5) is 10.6. The molecule has 0 heterocycles. The van der Waals surface area contributed by atoms with Crippen LogP contribution in [-0.4, -0.2) is 37.4 Å². The Bertz CT molecular complexity index is 173. The van der Waals surface area contributed by atoms with E-state index >= 15 is 0 Å². The first-order valence-corrected chi connectivity index (χ1v) is 4.98. The highest BCUT2D eigenvalue weighted by Gasteiger charge is 2.26. The normalized spacial score (nSPS) is 17.4. The molecule has 0 radical (unpaired) electrons. The van der Waals surface area contributed by atoms with Crippen molar-refractivity contribution in [3.63, 3.8) is 0 Å². The Morgan fingerprint density at radius 1 is 1.57 bits per heavy atom. The minimum Gasteiger partial charge on any atom is -0.481 e. The van der Waals surface area contributed by atoms with Crippen LogP contribution in [0.5, 0.6) is 0 Å². The maximum atomic E-state index is 10.6. The average molecular weight is 203 g/mol. The van der Waals surface area contributed by atoms with Crippen LogP contribution >= 0.6 is 0 Å². The minimum absolute atomic E-state index is 0.0480. The molecule has 2 N–H and O–H groups in total. The van der Waals surface area contributed by atoms with Crippen LogP contribution in [-0.2, 0) is 9.53 Å². The van der Waals surface area contributed by atoms with E-state index in [0.717, 1.165) is 6.42 Å². The van der Waals surface area contributed by atoms with Gasteiger partial charge in [0.05, 0.1) is 12.5 Å². The monoisotopic (exact) mass is 203 g/mol. The van der Waals surface area contributed by atoms with Crippen molar-refractivity contribution in [2.24, 2.45) is 5.92 Å². The molecule has 0 aliphatic heterocycles. The van der Waals surface area contributed by atoms with E-state index in [-0.39, 0.29) is 18.6 Å². The van der Waals surface area contributed by atoms with Gasteiger partial charge in [-0.3, -0.25) is 4.79 Å². The number of hydrogen-bond acceptors (Lipinski definition) is 3. The fourth-order valence-corrected chi connectivity index (χ4v) is 1.62. The third-order valence-electron chi connectivity index (χ3n) is 2.67. The lowest BCUT2D eigenvalue weighted by Gasteiger charge is -2.29. The second-order valence-electron chi connectivity index (χ2n) is 3.57. The van der Waals surface area contributed by atoms with Gasteiger partial charge in [0.2, 0.25) is 0 Å². The zero-order valence-electron chi connectivity index (χ0n) is 9.41. The predicted octanol–water partition coefficient (Wildman–Crippen LogP) is 1.11. The molecule has 0 spiro atoms. The number of carbonyl (C=O) groups is 1. The van der Waals surface area contributed by atoms with Crippen LogP contribution in [0.4, 0.5) is 0 Å². The summed E-state index contributed by atoms with van der Waals surface area (Å²) in [5.74, 6) is -0.412. The van der Waals surface area contributed by atoms with Crippen LogP contribution in [0.1, 0.15) is 26.7 Å². The first-order valence-electron chi connectivity index (χ1n) is 4.98. The summed E-state index contributed by atoms with van der Waals surface area (Å²) in [6.45, 7) is 4.18. The Labute approximate surface area is 85.6 Å². The number of rotatable bonds is 7. The lowest BCUT2D eigenvalue weighted by molar-refractivity contribution is -0.140. The van der Waals surface area contributed by atoms with E-state index in [4.69, 9.17) is 9.84 Å². The van der Waals surface area contributed by atoms with E-state index in [2.05, 4.69) is 19.2 Å². The number of likely N-dealkylation sites (N-methyl/N-ethyl adjacent to an activating group) is 1. The van der Waals surface area contributed by atoms with Gasteiger partial charge < -0.3 is 15.2 Å². The topological polar surface area (TPSA) is 58.6 Å². The van der Waals surface area contributed by atoms with Crippen molar-refractivity contribution in [1.82, 2.24) is 5.32 Å². The molecule has 0 amide bonds. The van der Waals surface area contributed by atoms with Gasteiger partial charge in [-0.25, -0.2) is 0 Å². The molecule has 3 atom stereocenters. The molecule has 84 valence electrons. The van der Waals surface area contributed by atoms with Crippen molar-refractivity contribution < 1.29 is 14.6 Å². The van der Waals surface area contributed by atoms with Crippen molar-refractivity contribution in [3.8, 4) is 0 Å². The molecule has 14 heavy (non-hydrogen) atoms. The van der Waals surface area contributed by atoms with E-state index in [9.17, 15) is 4.79 Å². The van der Waals surface area contributed by atoms with Crippen molar-refractivity contribution in [2.45, 2.75) is 38.8 Å². The summed E-state index contributed by atoms with van der Waals surface area (Å²) < 4.78 is 5.19. The summed E-state index contributed by atoms with van der Waals surface area (Å²) in [5.41, 5.74) is 0. The molecule has 0 saturated carbocycles. The molecule has 0 saturated heterocycles. The molecule has 0 bridgehead atoms. The van der Waals surface area contributed by atoms with Gasteiger partial charge in [0.1, 0.15) is 0 Å².